The molecular formula is C20H14Cl2INO6S. The number of carboxylic acids is 1. The van der Waals surface area contributed by atoms with Crippen LogP contribution >= 0.6 is 57.6 Å². The molecule has 2 aromatic rings. The third-order valence-corrected chi connectivity index (χ3v) is 6.40. The van der Waals surface area contributed by atoms with Crippen molar-refractivity contribution in [1.82, 2.24) is 4.90 Å². The number of aliphatic carboxylic acids is 1. The molecule has 11 heteroatoms. The summed E-state index contributed by atoms with van der Waals surface area (Å²) in [5.74, 6) is -0.961. The number of rotatable bonds is 7. The lowest BCUT2D eigenvalue weighted by molar-refractivity contribution is -0.139. The molecular weight excluding hydrogens is 580 g/mol. The van der Waals surface area contributed by atoms with Gasteiger partial charge >= 0.3 is 5.97 Å². The lowest BCUT2D eigenvalue weighted by atomic mass is 10.1. The van der Waals surface area contributed by atoms with Gasteiger partial charge in [0, 0.05) is 10.0 Å². The number of imide groups is 1. The zero-order chi connectivity index (χ0) is 22.7. The highest BCUT2D eigenvalue weighted by Gasteiger charge is 2.35. The third kappa shape index (κ3) is 5.65. The maximum atomic E-state index is 12.8. The van der Waals surface area contributed by atoms with Gasteiger partial charge in [-0.2, -0.15) is 0 Å². The number of nitrogens with zero attached hydrogens (tertiary/aromatic N) is 1. The number of thioether (sulfide) groups is 1. The summed E-state index contributed by atoms with van der Waals surface area (Å²) < 4.78 is 11.2. The molecule has 7 nitrogen and oxygen atoms in total. The lowest BCUT2D eigenvalue weighted by Gasteiger charge is -2.14. The highest BCUT2D eigenvalue weighted by atomic mass is 127. The van der Waals surface area contributed by atoms with Gasteiger partial charge in [-0.15, -0.1) is 0 Å². The number of carbonyl (C=O) groups is 3. The van der Waals surface area contributed by atoms with Crippen molar-refractivity contribution in [2.45, 2.75) is 6.54 Å². The summed E-state index contributed by atoms with van der Waals surface area (Å²) in [7, 11) is 1.42. The maximum Gasteiger partial charge on any atom is 0.341 e. The van der Waals surface area contributed by atoms with Crippen LogP contribution in [0.5, 0.6) is 11.5 Å². The fraction of sp³-hybridized carbons (Fsp3) is 0.150. The molecule has 1 aliphatic heterocycles. The highest BCUT2D eigenvalue weighted by molar-refractivity contribution is 14.1. The van der Waals surface area contributed by atoms with Crippen LogP contribution in [0.1, 0.15) is 11.1 Å². The first-order chi connectivity index (χ1) is 14.7. The van der Waals surface area contributed by atoms with Crippen LogP contribution in [0.15, 0.2) is 35.2 Å². The number of hydrogen-bond donors (Lipinski definition) is 1. The number of benzene rings is 2. The van der Waals surface area contributed by atoms with E-state index in [1.54, 1.807) is 36.4 Å². The van der Waals surface area contributed by atoms with Crippen LogP contribution in [-0.4, -0.2) is 40.8 Å². The number of ether oxygens (including phenoxy) is 2. The number of carbonyl (C=O) groups excluding carboxylic acids is 2. The van der Waals surface area contributed by atoms with Crippen molar-refractivity contribution >= 4 is 80.7 Å². The van der Waals surface area contributed by atoms with Gasteiger partial charge < -0.3 is 14.6 Å². The fourth-order valence-corrected chi connectivity index (χ4v) is 4.79. The van der Waals surface area contributed by atoms with E-state index in [-0.39, 0.29) is 17.2 Å². The number of carboxylic acid groups (broad SMARTS) is 1. The van der Waals surface area contributed by atoms with Crippen molar-refractivity contribution in [3.05, 3.63) is 60.0 Å². The summed E-state index contributed by atoms with van der Waals surface area (Å²) in [6.45, 7) is -0.487. The van der Waals surface area contributed by atoms with E-state index in [4.69, 9.17) is 37.8 Å². The zero-order valence-corrected chi connectivity index (χ0v) is 20.3. The molecule has 31 heavy (non-hydrogen) atoms. The molecule has 0 spiro atoms. The molecule has 1 aliphatic rings. The van der Waals surface area contributed by atoms with E-state index < -0.39 is 23.7 Å². The summed E-state index contributed by atoms with van der Waals surface area (Å²) in [5, 5.41) is 9.24. The Labute approximate surface area is 205 Å². The fourth-order valence-electron chi connectivity index (χ4n) is 2.71. The Balaban J connectivity index is 1.85. The second-order valence-electron chi connectivity index (χ2n) is 6.22. The molecule has 3 rings (SSSR count). The van der Waals surface area contributed by atoms with Gasteiger partial charge in [-0.05, 0) is 75.8 Å². The molecule has 0 radical (unpaired) electrons. The Morgan fingerprint density at radius 1 is 1.26 bits per heavy atom. The molecule has 1 N–H and O–H groups in total. The van der Waals surface area contributed by atoms with E-state index in [0.717, 1.165) is 16.7 Å². The minimum absolute atomic E-state index is 0.0286. The molecule has 1 heterocycles. The van der Waals surface area contributed by atoms with Gasteiger partial charge in [0.15, 0.2) is 18.1 Å². The first-order valence-electron chi connectivity index (χ1n) is 8.61. The molecule has 0 aromatic heterocycles. The average Bonchev–Trinajstić information content (AvgIpc) is 2.95. The average molecular weight is 594 g/mol. The van der Waals surface area contributed by atoms with E-state index in [0.29, 0.717) is 30.5 Å². The summed E-state index contributed by atoms with van der Waals surface area (Å²) in [4.78, 5) is 37.4. The van der Waals surface area contributed by atoms with Crippen LogP contribution in [0, 0.1) is 3.57 Å². The highest BCUT2D eigenvalue weighted by Crippen LogP contribution is 2.38. The topological polar surface area (TPSA) is 93.1 Å². The van der Waals surface area contributed by atoms with Crippen LogP contribution in [0.4, 0.5) is 4.79 Å². The largest absolute Gasteiger partial charge is 0.493 e. The standard InChI is InChI=1S/C20H14Cl2INO6S/c1-29-15-5-10(4-14(23)18(15)30-9-17(25)26)6-16-19(27)24(20(28)31-16)8-11-2-3-12(21)7-13(11)22/h2-7H,8-9H2,1H3,(H,25,26)/b16-6-. The minimum Gasteiger partial charge on any atom is -0.493 e. The third-order valence-electron chi connectivity index (χ3n) is 4.11. The molecule has 0 saturated carbocycles. The van der Waals surface area contributed by atoms with E-state index in [9.17, 15) is 14.4 Å². The van der Waals surface area contributed by atoms with Gasteiger partial charge in [0.05, 0.1) is 22.1 Å². The summed E-state index contributed by atoms with van der Waals surface area (Å²) >= 11 is 14.9. The van der Waals surface area contributed by atoms with Crippen molar-refractivity contribution in [2.24, 2.45) is 0 Å². The second-order valence-corrected chi connectivity index (χ2v) is 9.22. The summed E-state index contributed by atoms with van der Waals surface area (Å²) in [6.07, 6.45) is 1.57. The number of amides is 2. The normalized spacial score (nSPS) is 15.0. The number of halogens is 3. The molecule has 162 valence electrons. The molecule has 2 aromatic carbocycles. The van der Waals surface area contributed by atoms with Crippen molar-refractivity contribution < 1.29 is 29.0 Å². The maximum absolute atomic E-state index is 12.8. The van der Waals surface area contributed by atoms with E-state index in [1.807, 2.05) is 22.6 Å². The minimum atomic E-state index is -1.11. The first-order valence-corrected chi connectivity index (χ1v) is 11.3. The van der Waals surface area contributed by atoms with E-state index in [1.165, 1.54) is 7.11 Å². The SMILES string of the molecule is COc1cc(/C=C2\SC(=O)N(Cc3ccc(Cl)cc3Cl)C2=O)cc(I)c1OCC(=O)O. The predicted molar refractivity (Wildman–Crippen MR) is 127 cm³/mol. The van der Waals surface area contributed by atoms with Gasteiger partial charge in [0.2, 0.25) is 0 Å². The molecule has 2 amide bonds. The van der Waals surface area contributed by atoms with Gasteiger partial charge in [-0.3, -0.25) is 14.5 Å². The van der Waals surface area contributed by atoms with Crippen LogP contribution < -0.4 is 9.47 Å². The quantitative estimate of drug-likeness (QED) is 0.344. The van der Waals surface area contributed by atoms with Crippen molar-refractivity contribution in [2.75, 3.05) is 13.7 Å². The second kappa shape index (κ2) is 10.1. The predicted octanol–water partition coefficient (Wildman–Crippen LogP) is 5.31. The van der Waals surface area contributed by atoms with Gasteiger partial charge in [-0.1, -0.05) is 29.3 Å². The smallest absolute Gasteiger partial charge is 0.341 e. The lowest BCUT2D eigenvalue weighted by Crippen LogP contribution is -2.27. The monoisotopic (exact) mass is 593 g/mol. The molecule has 1 saturated heterocycles. The molecule has 1 fully saturated rings. The molecule has 0 bridgehead atoms. The van der Waals surface area contributed by atoms with Gasteiger partial charge in [-0.25, -0.2) is 4.79 Å². The van der Waals surface area contributed by atoms with Crippen molar-refractivity contribution in [3.8, 4) is 11.5 Å². The summed E-state index contributed by atoms with van der Waals surface area (Å²) in [6, 6.07) is 8.16. The summed E-state index contributed by atoms with van der Waals surface area (Å²) in [5.41, 5.74) is 1.20. The van der Waals surface area contributed by atoms with E-state index >= 15 is 0 Å². The van der Waals surface area contributed by atoms with Crippen LogP contribution in [0.25, 0.3) is 6.08 Å². The van der Waals surface area contributed by atoms with Crippen LogP contribution in [0.3, 0.4) is 0 Å². The van der Waals surface area contributed by atoms with Crippen LogP contribution in [0.2, 0.25) is 10.0 Å². The van der Waals surface area contributed by atoms with Crippen molar-refractivity contribution in [3.63, 3.8) is 0 Å². The Morgan fingerprint density at radius 2 is 2.00 bits per heavy atom. The van der Waals surface area contributed by atoms with Gasteiger partial charge in [0.25, 0.3) is 11.1 Å². The first kappa shape index (κ1) is 23.7. The zero-order valence-electron chi connectivity index (χ0n) is 15.9. The van der Waals surface area contributed by atoms with Crippen molar-refractivity contribution in [1.29, 1.82) is 0 Å². The van der Waals surface area contributed by atoms with Gasteiger partial charge in [0.1, 0.15) is 0 Å². The molecule has 0 aliphatic carbocycles. The number of hydrogen-bond acceptors (Lipinski definition) is 6. The Morgan fingerprint density at radius 3 is 2.65 bits per heavy atom. The Kier molecular flexibility index (Phi) is 7.73. The Hall–Kier alpha value is -1.95. The molecule has 0 atom stereocenters. The van der Waals surface area contributed by atoms with Crippen LogP contribution in [-0.2, 0) is 16.1 Å². The number of methoxy groups -OCH3 is 1. The Bertz CT molecular complexity index is 1110. The van der Waals surface area contributed by atoms with E-state index in [2.05, 4.69) is 0 Å². The molecule has 0 unspecified atom stereocenters.